The fraction of sp³-hybridized carbons (Fsp3) is 0.333. The van der Waals surface area contributed by atoms with Crippen LogP contribution >= 0.6 is 11.6 Å². The molecule has 0 bridgehead atoms. The highest BCUT2D eigenvalue weighted by molar-refractivity contribution is 7.85. The monoisotopic (exact) mass is 234 g/mol. The second kappa shape index (κ2) is 4.77. The molecule has 78 valence electrons. The third-order valence-corrected chi connectivity index (χ3v) is 2.53. The second-order valence-corrected chi connectivity index (χ2v) is 5.04. The van der Waals surface area contributed by atoms with E-state index in [4.69, 9.17) is 11.6 Å². The van der Waals surface area contributed by atoms with Crippen LogP contribution in [0.15, 0.2) is 30.3 Å². The molecular formula is C9H11ClO3S. The lowest BCUT2D eigenvalue weighted by Crippen LogP contribution is -2.08. The maximum atomic E-state index is 10.7. The predicted molar refractivity (Wildman–Crippen MR) is 55.8 cm³/mol. The Bertz CT molecular complexity index is 374. The van der Waals surface area contributed by atoms with Crippen LogP contribution in [0.5, 0.6) is 0 Å². The molecule has 0 aliphatic carbocycles. The molecular weight excluding hydrogens is 224 g/mol. The number of halogens is 1. The number of alkyl halides is 1. The molecule has 0 N–H and O–H groups in total. The summed E-state index contributed by atoms with van der Waals surface area (Å²) in [5.41, 5.74) is 0.845. The Labute approximate surface area is 88.8 Å². The topological polar surface area (TPSA) is 43.4 Å². The van der Waals surface area contributed by atoms with E-state index in [9.17, 15) is 8.42 Å². The molecule has 0 heterocycles. The van der Waals surface area contributed by atoms with Crippen LogP contribution in [0, 0.1) is 0 Å². The Morgan fingerprint density at radius 2 is 1.93 bits per heavy atom. The zero-order chi connectivity index (χ0) is 10.6. The molecule has 1 aromatic carbocycles. The van der Waals surface area contributed by atoms with Gasteiger partial charge in [-0.15, -0.1) is 11.6 Å². The maximum Gasteiger partial charge on any atom is 0.264 e. The molecule has 0 saturated heterocycles. The quantitative estimate of drug-likeness (QED) is 0.591. The van der Waals surface area contributed by atoms with Gasteiger partial charge in [-0.05, 0) is 5.56 Å². The molecule has 0 aliphatic heterocycles. The van der Waals surface area contributed by atoms with E-state index in [2.05, 4.69) is 4.18 Å². The highest BCUT2D eigenvalue weighted by atomic mass is 35.5. The van der Waals surface area contributed by atoms with Crippen LogP contribution in [0.1, 0.15) is 10.9 Å². The van der Waals surface area contributed by atoms with Crippen molar-refractivity contribution in [1.82, 2.24) is 0 Å². The molecule has 0 fully saturated rings. The molecule has 1 aromatic rings. The van der Waals surface area contributed by atoms with Gasteiger partial charge in [-0.1, -0.05) is 30.3 Å². The van der Waals surface area contributed by atoms with Gasteiger partial charge in [0.25, 0.3) is 10.1 Å². The molecule has 3 nitrogen and oxygen atoms in total. The van der Waals surface area contributed by atoms with Crippen molar-refractivity contribution >= 4 is 21.7 Å². The van der Waals surface area contributed by atoms with E-state index in [1.807, 2.05) is 30.3 Å². The molecule has 1 rings (SSSR count). The Kier molecular flexibility index (Phi) is 3.92. The molecule has 1 atom stereocenters. The summed E-state index contributed by atoms with van der Waals surface area (Å²) in [6.07, 6.45) is 1.00. The van der Waals surface area contributed by atoms with E-state index in [1.54, 1.807) is 0 Å². The fourth-order valence-corrected chi connectivity index (χ4v) is 1.61. The number of rotatable bonds is 4. The lowest BCUT2D eigenvalue weighted by Gasteiger charge is -2.08. The van der Waals surface area contributed by atoms with Gasteiger partial charge in [0.1, 0.15) is 0 Å². The van der Waals surface area contributed by atoms with Crippen molar-refractivity contribution in [1.29, 1.82) is 0 Å². The number of benzene rings is 1. The molecule has 0 aromatic heterocycles. The zero-order valence-corrected chi connectivity index (χ0v) is 9.25. The second-order valence-electron chi connectivity index (χ2n) is 2.87. The van der Waals surface area contributed by atoms with Gasteiger partial charge in [0, 0.05) is 0 Å². The molecule has 0 radical (unpaired) electrons. The van der Waals surface area contributed by atoms with Crippen molar-refractivity contribution in [3.8, 4) is 0 Å². The minimum Gasteiger partial charge on any atom is -0.268 e. The van der Waals surface area contributed by atoms with Gasteiger partial charge in [0.05, 0.1) is 18.2 Å². The van der Waals surface area contributed by atoms with E-state index < -0.39 is 15.5 Å². The van der Waals surface area contributed by atoms with Crippen molar-refractivity contribution in [3.63, 3.8) is 0 Å². The predicted octanol–water partition coefficient (Wildman–Crippen LogP) is 1.94. The van der Waals surface area contributed by atoms with E-state index in [0.717, 1.165) is 11.8 Å². The molecule has 5 heteroatoms. The Morgan fingerprint density at radius 3 is 2.43 bits per heavy atom. The van der Waals surface area contributed by atoms with Crippen molar-refractivity contribution in [2.24, 2.45) is 0 Å². The summed E-state index contributed by atoms with van der Waals surface area (Å²) in [6, 6.07) is 9.19. The van der Waals surface area contributed by atoms with E-state index in [-0.39, 0.29) is 6.61 Å². The lowest BCUT2D eigenvalue weighted by molar-refractivity contribution is 0.321. The third kappa shape index (κ3) is 4.09. The van der Waals surface area contributed by atoms with Crippen LogP contribution in [0.3, 0.4) is 0 Å². The van der Waals surface area contributed by atoms with Gasteiger partial charge in [-0.25, -0.2) is 0 Å². The van der Waals surface area contributed by atoms with Crippen LogP contribution in [-0.4, -0.2) is 21.3 Å². The van der Waals surface area contributed by atoms with Crippen LogP contribution < -0.4 is 0 Å². The Hall–Kier alpha value is -0.580. The first-order valence-electron chi connectivity index (χ1n) is 4.02. The van der Waals surface area contributed by atoms with E-state index in [1.165, 1.54) is 0 Å². The summed E-state index contributed by atoms with van der Waals surface area (Å²) >= 11 is 5.92. The summed E-state index contributed by atoms with van der Waals surface area (Å²) in [7, 11) is -3.41. The van der Waals surface area contributed by atoms with Gasteiger partial charge < -0.3 is 0 Å². The molecule has 1 unspecified atom stereocenters. The number of hydrogen-bond acceptors (Lipinski definition) is 3. The van der Waals surface area contributed by atoms with Gasteiger partial charge in [-0.2, -0.15) is 8.42 Å². The molecule has 14 heavy (non-hydrogen) atoms. The molecule has 0 amide bonds. The Balaban J connectivity index is 2.56. The molecule has 0 spiro atoms. The average Bonchev–Trinajstić information content (AvgIpc) is 2.14. The van der Waals surface area contributed by atoms with Crippen LogP contribution in [0.2, 0.25) is 0 Å². The van der Waals surface area contributed by atoms with Crippen molar-refractivity contribution < 1.29 is 12.6 Å². The number of hydrogen-bond donors (Lipinski definition) is 0. The highest BCUT2D eigenvalue weighted by Crippen LogP contribution is 2.20. The van der Waals surface area contributed by atoms with Crippen molar-refractivity contribution in [2.45, 2.75) is 5.38 Å². The first-order chi connectivity index (χ1) is 6.49. The van der Waals surface area contributed by atoms with Crippen LogP contribution in [0.25, 0.3) is 0 Å². The van der Waals surface area contributed by atoms with Gasteiger partial charge >= 0.3 is 0 Å². The van der Waals surface area contributed by atoms with Gasteiger partial charge in [-0.3, -0.25) is 4.18 Å². The van der Waals surface area contributed by atoms with E-state index >= 15 is 0 Å². The highest BCUT2D eigenvalue weighted by Gasteiger charge is 2.10. The zero-order valence-electron chi connectivity index (χ0n) is 7.68. The molecule has 0 saturated carbocycles. The minimum absolute atomic E-state index is 0.0373. The summed E-state index contributed by atoms with van der Waals surface area (Å²) < 4.78 is 26.0. The smallest absolute Gasteiger partial charge is 0.264 e. The summed E-state index contributed by atoms with van der Waals surface area (Å²) in [4.78, 5) is 0. The van der Waals surface area contributed by atoms with Gasteiger partial charge in [0.2, 0.25) is 0 Å². The Morgan fingerprint density at radius 1 is 1.36 bits per heavy atom. The van der Waals surface area contributed by atoms with Crippen molar-refractivity contribution in [3.05, 3.63) is 35.9 Å². The lowest BCUT2D eigenvalue weighted by atomic mass is 10.2. The fourth-order valence-electron chi connectivity index (χ4n) is 0.941. The summed E-state index contributed by atoms with van der Waals surface area (Å²) in [6.45, 7) is -0.0373. The first kappa shape index (κ1) is 11.5. The SMILES string of the molecule is CS(=O)(=O)OCC(Cl)c1ccccc1. The third-order valence-electron chi connectivity index (χ3n) is 1.59. The standard InChI is InChI=1S/C9H11ClO3S/c1-14(11,12)13-7-9(10)8-5-3-2-4-6-8/h2-6,9H,7H2,1H3. The van der Waals surface area contributed by atoms with E-state index in [0.29, 0.717) is 0 Å². The van der Waals surface area contributed by atoms with Gasteiger partial charge in [0.15, 0.2) is 0 Å². The van der Waals surface area contributed by atoms with Crippen LogP contribution in [-0.2, 0) is 14.3 Å². The summed E-state index contributed by atoms with van der Waals surface area (Å²) in [5, 5.41) is -0.439. The first-order valence-corrected chi connectivity index (χ1v) is 6.28. The summed E-state index contributed by atoms with van der Waals surface area (Å²) in [5.74, 6) is 0. The van der Waals surface area contributed by atoms with Crippen molar-refractivity contribution in [2.75, 3.05) is 12.9 Å². The maximum absolute atomic E-state index is 10.7. The minimum atomic E-state index is -3.41. The average molecular weight is 235 g/mol. The normalized spacial score (nSPS) is 13.9. The molecule has 0 aliphatic rings. The largest absolute Gasteiger partial charge is 0.268 e. The van der Waals surface area contributed by atoms with Crippen LogP contribution in [0.4, 0.5) is 0 Å².